The third-order valence-electron chi connectivity index (χ3n) is 3.04. The average Bonchev–Trinajstić information content (AvgIpc) is 2.46. The maximum atomic E-state index is 3.41. The zero-order chi connectivity index (χ0) is 9.14. The van der Waals surface area contributed by atoms with Gasteiger partial charge in [-0.1, -0.05) is 6.92 Å². The molecule has 0 bridgehead atoms. The topological polar surface area (TPSA) is 15.3 Å². The quantitative estimate of drug-likeness (QED) is 0.690. The van der Waals surface area contributed by atoms with E-state index in [9.17, 15) is 0 Å². The highest BCUT2D eigenvalue weighted by molar-refractivity contribution is 4.91. The van der Waals surface area contributed by atoms with Gasteiger partial charge < -0.3 is 5.32 Å². The SMILES string of the molecule is CCC1C(NC)CCN1C(C)C. The van der Waals surface area contributed by atoms with Crippen LogP contribution in [0.1, 0.15) is 33.6 Å². The molecule has 1 saturated heterocycles. The molecule has 1 heterocycles. The molecule has 2 unspecified atom stereocenters. The Morgan fingerprint density at radius 2 is 2.17 bits per heavy atom. The van der Waals surface area contributed by atoms with E-state index in [0.29, 0.717) is 6.04 Å². The number of nitrogens with one attached hydrogen (secondary N) is 1. The van der Waals surface area contributed by atoms with E-state index in [1.165, 1.54) is 19.4 Å². The van der Waals surface area contributed by atoms with Crippen LogP contribution in [-0.2, 0) is 0 Å². The highest BCUT2D eigenvalue weighted by atomic mass is 15.2. The van der Waals surface area contributed by atoms with Gasteiger partial charge in [0.1, 0.15) is 0 Å². The first-order valence-corrected chi connectivity index (χ1v) is 5.13. The molecular formula is C10H22N2. The van der Waals surface area contributed by atoms with E-state index >= 15 is 0 Å². The summed E-state index contributed by atoms with van der Waals surface area (Å²) in [5.74, 6) is 0. The van der Waals surface area contributed by atoms with Crippen molar-refractivity contribution in [3.8, 4) is 0 Å². The van der Waals surface area contributed by atoms with Gasteiger partial charge in [0.15, 0.2) is 0 Å². The molecule has 12 heavy (non-hydrogen) atoms. The van der Waals surface area contributed by atoms with E-state index < -0.39 is 0 Å². The van der Waals surface area contributed by atoms with Gasteiger partial charge in [-0.3, -0.25) is 4.90 Å². The van der Waals surface area contributed by atoms with Crippen molar-refractivity contribution in [2.45, 2.75) is 51.7 Å². The predicted molar refractivity (Wildman–Crippen MR) is 53.4 cm³/mol. The Balaban J connectivity index is 2.56. The average molecular weight is 170 g/mol. The second kappa shape index (κ2) is 4.24. The van der Waals surface area contributed by atoms with Crippen LogP contribution in [0.4, 0.5) is 0 Å². The molecule has 1 fully saturated rings. The molecule has 72 valence electrons. The van der Waals surface area contributed by atoms with E-state index in [0.717, 1.165) is 12.1 Å². The monoisotopic (exact) mass is 170 g/mol. The Morgan fingerprint density at radius 3 is 2.58 bits per heavy atom. The lowest BCUT2D eigenvalue weighted by molar-refractivity contribution is 0.186. The van der Waals surface area contributed by atoms with Crippen molar-refractivity contribution < 1.29 is 0 Å². The second-order valence-electron chi connectivity index (χ2n) is 3.99. The van der Waals surface area contributed by atoms with Crippen molar-refractivity contribution in [3.63, 3.8) is 0 Å². The van der Waals surface area contributed by atoms with Crippen LogP contribution in [0.3, 0.4) is 0 Å². The van der Waals surface area contributed by atoms with Gasteiger partial charge in [-0.05, 0) is 33.7 Å². The van der Waals surface area contributed by atoms with Gasteiger partial charge in [0.05, 0.1) is 0 Å². The van der Waals surface area contributed by atoms with E-state index in [4.69, 9.17) is 0 Å². The molecule has 1 aliphatic heterocycles. The van der Waals surface area contributed by atoms with Crippen LogP contribution in [0.2, 0.25) is 0 Å². The Morgan fingerprint density at radius 1 is 1.50 bits per heavy atom. The molecule has 0 aromatic rings. The minimum absolute atomic E-state index is 0.702. The summed E-state index contributed by atoms with van der Waals surface area (Å²) in [5, 5.41) is 3.41. The fourth-order valence-corrected chi connectivity index (χ4v) is 2.37. The van der Waals surface area contributed by atoms with Crippen LogP contribution in [0, 0.1) is 0 Å². The second-order valence-corrected chi connectivity index (χ2v) is 3.99. The van der Waals surface area contributed by atoms with Crippen molar-refractivity contribution in [2.24, 2.45) is 0 Å². The van der Waals surface area contributed by atoms with Gasteiger partial charge in [-0.2, -0.15) is 0 Å². The minimum atomic E-state index is 0.702. The minimum Gasteiger partial charge on any atom is -0.315 e. The molecular weight excluding hydrogens is 148 g/mol. The summed E-state index contributed by atoms with van der Waals surface area (Å²) in [6.45, 7) is 8.14. The Kier molecular flexibility index (Phi) is 3.53. The van der Waals surface area contributed by atoms with Gasteiger partial charge in [0.2, 0.25) is 0 Å². The molecule has 0 aliphatic carbocycles. The third kappa shape index (κ3) is 1.80. The molecule has 2 heteroatoms. The maximum absolute atomic E-state index is 3.41. The molecule has 1 rings (SSSR count). The van der Waals surface area contributed by atoms with Crippen LogP contribution in [0.5, 0.6) is 0 Å². The fraction of sp³-hybridized carbons (Fsp3) is 1.00. The summed E-state index contributed by atoms with van der Waals surface area (Å²) in [6.07, 6.45) is 2.58. The maximum Gasteiger partial charge on any atom is 0.0249 e. The van der Waals surface area contributed by atoms with Gasteiger partial charge in [0.25, 0.3) is 0 Å². The van der Waals surface area contributed by atoms with Crippen molar-refractivity contribution in [1.29, 1.82) is 0 Å². The molecule has 0 spiro atoms. The Bertz CT molecular complexity index is 134. The van der Waals surface area contributed by atoms with Crippen LogP contribution in [0.15, 0.2) is 0 Å². The van der Waals surface area contributed by atoms with Crippen molar-refractivity contribution in [2.75, 3.05) is 13.6 Å². The number of likely N-dealkylation sites (N-methyl/N-ethyl adjacent to an activating group) is 1. The third-order valence-corrected chi connectivity index (χ3v) is 3.04. The summed E-state index contributed by atoms with van der Waals surface area (Å²) in [6, 6.07) is 2.18. The molecule has 0 aromatic carbocycles. The molecule has 1 aliphatic rings. The highest BCUT2D eigenvalue weighted by Crippen LogP contribution is 2.22. The zero-order valence-electron chi connectivity index (χ0n) is 8.80. The lowest BCUT2D eigenvalue weighted by Gasteiger charge is -2.30. The first kappa shape index (κ1) is 10.0. The summed E-state index contributed by atoms with van der Waals surface area (Å²) >= 11 is 0. The number of likely N-dealkylation sites (tertiary alicyclic amines) is 1. The van der Waals surface area contributed by atoms with E-state index in [1.54, 1.807) is 0 Å². The van der Waals surface area contributed by atoms with Gasteiger partial charge >= 0.3 is 0 Å². The molecule has 0 radical (unpaired) electrons. The zero-order valence-corrected chi connectivity index (χ0v) is 8.80. The molecule has 2 nitrogen and oxygen atoms in total. The van der Waals surface area contributed by atoms with Crippen LogP contribution in [0.25, 0.3) is 0 Å². The predicted octanol–water partition coefficient (Wildman–Crippen LogP) is 1.47. The van der Waals surface area contributed by atoms with Crippen LogP contribution in [-0.4, -0.2) is 36.6 Å². The summed E-state index contributed by atoms with van der Waals surface area (Å²) < 4.78 is 0. The normalized spacial score (nSPS) is 31.8. The number of hydrogen-bond acceptors (Lipinski definition) is 2. The summed E-state index contributed by atoms with van der Waals surface area (Å²) in [4.78, 5) is 2.61. The van der Waals surface area contributed by atoms with Crippen molar-refractivity contribution in [3.05, 3.63) is 0 Å². The van der Waals surface area contributed by atoms with E-state index in [1.807, 2.05) is 0 Å². The molecule has 2 atom stereocenters. The fourth-order valence-electron chi connectivity index (χ4n) is 2.37. The summed E-state index contributed by atoms with van der Waals surface area (Å²) in [7, 11) is 2.08. The summed E-state index contributed by atoms with van der Waals surface area (Å²) in [5.41, 5.74) is 0. The van der Waals surface area contributed by atoms with Gasteiger partial charge in [-0.25, -0.2) is 0 Å². The number of nitrogens with zero attached hydrogens (tertiary/aromatic N) is 1. The molecule has 0 amide bonds. The molecule has 0 aromatic heterocycles. The molecule has 1 N–H and O–H groups in total. The van der Waals surface area contributed by atoms with Crippen molar-refractivity contribution in [1.82, 2.24) is 10.2 Å². The van der Waals surface area contributed by atoms with Crippen LogP contribution >= 0.6 is 0 Å². The highest BCUT2D eigenvalue weighted by Gasteiger charge is 2.32. The van der Waals surface area contributed by atoms with E-state index in [2.05, 4.69) is 38.0 Å². The Labute approximate surface area is 76.3 Å². The smallest absolute Gasteiger partial charge is 0.0249 e. The van der Waals surface area contributed by atoms with Gasteiger partial charge in [0, 0.05) is 24.7 Å². The Hall–Kier alpha value is -0.0800. The molecule has 0 saturated carbocycles. The van der Waals surface area contributed by atoms with E-state index in [-0.39, 0.29) is 0 Å². The number of hydrogen-bond donors (Lipinski definition) is 1. The number of rotatable bonds is 3. The van der Waals surface area contributed by atoms with Gasteiger partial charge in [-0.15, -0.1) is 0 Å². The lowest BCUT2D eigenvalue weighted by atomic mass is 10.1. The largest absolute Gasteiger partial charge is 0.315 e. The standard InChI is InChI=1S/C10H22N2/c1-5-10-9(11-4)6-7-12(10)8(2)3/h8-11H,5-7H2,1-4H3. The first-order chi connectivity index (χ1) is 5.70. The van der Waals surface area contributed by atoms with Crippen molar-refractivity contribution >= 4 is 0 Å². The first-order valence-electron chi connectivity index (χ1n) is 5.13. The van der Waals surface area contributed by atoms with Crippen LogP contribution < -0.4 is 5.32 Å². The lowest BCUT2D eigenvalue weighted by Crippen LogP contribution is -2.43.